The van der Waals surface area contributed by atoms with Gasteiger partial charge in [0.25, 0.3) is 0 Å². The SMILES string of the molecule is COC(=O)CC(NC(=O)CCCCCCCCNC(=O)[C@H]1C[C@]2(C)C(CCC(C)C2(C)C)C2C(C(C)C)CCC21)c1ccccc1. The quantitative estimate of drug-likeness (QED) is 0.149. The van der Waals surface area contributed by atoms with Crippen molar-refractivity contribution in [2.75, 3.05) is 13.7 Å². The molecule has 258 valence electrons. The molecule has 0 bridgehead atoms. The summed E-state index contributed by atoms with van der Waals surface area (Å²) >= 11 is 0. The van der Waals surface area contributed by atoms with E-state index < -0.39 is 0 Å². The Kier molecular flexibility index (Phi) is 12.8. The molecule has 6 unspecified atom stereocenters. The van der Waals surface area contributed by atoms with Crippen molar-refractivity contribution in [2.24, 2.45) is 52.3 Å². The van der Waals surface area contributed by atoms with E-state index in [2.05, 4.69) is 52.2 Å². The van der Waals surface area contributed by atoms with Crippen molar-refractivity contribution in [3.63, 3.8) is 0 Å². The molecule has 6 heteroatoms. The fraction of sp³-hybridized carbons (Fsp3) is 0.775. The maximum absolute atomic E-state index is 13.8. The summed E-state index contributed by atoms with van der Waals surface area (Å²) < 4.78 is 4.83. The van der Waals surface area contributed by atoms with Gasteiger partial charge >= 0.3 is 5.97 Å². The zero-order chi connectivity index (χ0) is 33.5. The summed E-state index contributed by atoms with van der Waals surface area (Å²) in [5.74, 6) is 4.24. The van der Waals surface area contributed by atoms with Gasteiger partial charge in [0.05, 0.1) is 19.6 Å². The second-order valence-corrected chi connectivity index (χ2v) is 16.2. The number of hydrogen-bond acceptors (Lipinski definition) is 4. The van der Waals surface area contributed by atoms with E-state index in [0.717, 1.165) is 68.9 Å². The van der Waals surface area contributed by atoms with Crippen molar-refractivity contribution in [1.29, 1.82) is 0 Å². The molecule has 3 aliphatic rings. The van der Waals surface area contributed by atoms with Crippen molar-refractivity contribution >= 4 is 17.8 Å². The number of carbonyl (C=O) groups excluding carboxylic acids is 3. The smallest absolute Gasteiger partial charge is 0.307 e. The molecule has 2 N–H and O–H groups in total. The van der Waals surface area contributed by atoms with Gasteiger partial charge in [0.1, 0.15) is 0 Å². The third-order valence-electron chi connectivity index (χ3n) is 13.3. The van der Waals surface area contributed by atoms with E-state index in [1.807, 2.05) is 30.3 Å². The first-order chi connectivity index (χ1) is 21.9. The van der Waals surface area contributed by atoms with Crippen LogP contribution in [-0.2, 0) is 19.1 Å². The van der Waals surface area contributed by atoms with E-state index in [-0.39, 0.29) is 41.1 Å². The van der Waals surface area contributed by atoms with Crippen molar-refractivity contribution in [1.82, 2.24) is 10.6 Å². The Morgan fingerprint density at radius 3 is 2.26 bits per heavy atom. The third kappa shape index (κ3) is 8.19. The zero-order valence-corrected chi connectivity index (χ0v) is 30.0. The summed E-state index contributed by atoms with van der Waals surface area (Å²) in [6.07, 6.45) is 13.0. The lowest BCUT2D eigenvalue weighted by Gasteiger charge is -2.63. The standard InChI is InChI=1S/C40H64N2O4/c1-27(2)30-21-22-31-32(26-40(6)33(37(30)31)23-20-28(3)39(40,4)5)38(45)41-24-16-11-9-8-10-15-19-35(43)42-34(25-36(44)46-7)29-17-13-12-14-18-29/h12-14,17-18,27-28,30-34,37H,8-11,15-16,19-26H2,1-7H3,(H,41,45)(H,42,43)/t28?,30?,31?,32-,33?,34?,37?,40+/m0/s1. The molecule has 46 heavy (non-hydrogen) atoms. The Labute approximate surface area is 280 Å². The summed E-state index contributed by atoms with van der Waals surface area (Å²) in [6, 6.07) is 9.21. The van der Waals surface area contributed by atoms with Crippen LogP contribution >= 0.6 is 0 Å². The molecule has 0 heterocycles. The van der Waals surface area contributed by atoms with Gasteiger partial charge in [-0.2, -0.15) is 0 Å². The maximum Gasteiger partial charge on any atom is 0.307 e. The molecule has 2 amide bonds. The molecule has 3 aliphatic carbocycles. The van der Waals surface area contributed by atoms with Crippen LogP contribution in [0.4, 0.5) is 0 Å². The number of methoxy groups -OCH3 is 1. The molecule has 3 fully saturated rings. The van der Waals surface area contributed by atoms with Gasteiger partial charge < -0.3 is 15.4 Å². The Balaban J connectivity index is 1.17. The third-order valence-corrected chi connectivity index (χ3v) is 13.3. The summed E-state index contributed by atoms with van der Waals surface area (Å²) in [6.45, 7) is 15.6. The summed E-state index contributed by atoms with van der Waals surface area (Å²) in [7, 11) is 1.37. The van der Waals surface area contributed by atoms with E-state index in [1.165, 1.54) is 32.8 Å². The number of hydrogen-bond donors (Lipinski definition) is 2. The number of carbonyl (C=O) groups is 3. The van der Waals surface area contributed by atoms with Crippen molar-refractivity contribution in [3.8, 4) is 0 Å². The Morgan fingerprint density at radius 2 is 1.59 bits per heavy atom. The van der Waals surface area contributed by atoms with Crippen molar-refractivity contribution < 1.29 is 19.1 Å². The average molecular weight is 637 g/mol. The number of amides is 2. The van der Waals surface area contributed by atoms with Crippen molar-refractivity contribution in [2.45, 2.75) is 131 Å². The highest BCUT2D eigenvalue weighted by molar-refractivity contribution is 5.79. The molecule has 6 nitrogen and oxygen atoms in total. The van der Waals surface area contributed by atoms with Gasteiger partial charge in [-0.1, -0.05) is 97.6 Å². The molecular formula is C40H64N2O4. The summed E-state index contributed by atoms with van der Waals surface area (Å²) in [5, 5.41) is 6.42. The van der Waals surface area contributed by atoms with Crippen molar-refractivity contribution in [3.05, 3.63) is 35.9 Å². The minimum atomic E-state index is -0.372. The van der Waals surface area contributed by atoms with E-state index in [4.69, 9.17) is 4.74 Å². The second-order valence-electron chi connectivity index (χ2n) is 16.2. The second kappa shape index (κ2) is 16.2. The zero-order valence-electron chi connectivity index (χ0n) is 30.0. The topological polar surface area (TPSA) is 84.5 Å². The van der Waals surface area contributed by atoms with Gasteiger partial charge in [-0.25, -0.2) is 0 Å². The van der Waals surface area contributed by atoms with E-state index in [9.17, 15) is 14.4 Å². The molecular weight excluding hydrogens is 572 g/mol. The van der Waals surface area contributed by atoms with Crippen LogP contribution in [0.15, 0.2) is 30.3 Å². The highest BCUT2D eigenvalue weighted by Crippen LogP contribution is 2.68. The number of esters is 1. The highest BCUT2D eigenvalue weighted by Gasteiger charge is 2.63. The first-order valence-corrected chi connectivity index (χ1v) is 18.6. The van der Waals surface area contributed by atoms with Crippen LogP contribution in [0.25, 0.3) is 0 Å². The first-order valence-electron chi connectivity index (χ1n) is 18.6. The predicted molar refractivity (Wildman–Crippen MR) is 186 cm³/mol. The lowest BCUT2D eigenvalue weighted by molar-refractivity contribution is -0.164. The van der Waals surface area contributed by atoms with Crippen LogP contribution in [0.2, 0.25) is 0 Å². The van der Waals surface area contributed by atoms with Gasteiger partial charge in [0.15, 0.2) is 0 Å². The van der Waals surface area contributed by atoms with Crippen LogP contribution in [-0.4, -0.2) is 31.4 Å². The molecule has 0 radical (unpaired) electrons. The normalized spacial score (nSPS) is 30.6. The minimum Gasteiger partial charge on any atom is -0.469 e. The maximum atomic E-state index is 13.8. The number of nitrogens with one attached hydrogen (secondary N) is 2. The van der Waals surface area contributed by atoms with Gasteiger partial charge in [-0.3, -0.25) is 14.4 Å². The number of ether oxygens (including phenoxy) is 1. The summed E-state index contributed by atoms with van der Waals surface area (Å²) in [4.78, 5) is 38.3. The Hall–Kier alpha value is -2.37. The molecule has 3 saturated carbocycles. The predicted octanol–water partition coefficient (Wildman–Crippen LogP) is 8.65. The largest absolute Gasteiger partial charge is 0.469 e. The Morgan fingerprint density at radius 1 is 0.913 bits per heavy atom. The first kappa shape index (κ1) is 36.5. The van der Waals surface area contributed by atoms with Gasteiger partial charge in [-0.05, 0) is 96.8 Å². The molecule has 4 rings (SSSR count). The van der Waals surface area contributed by atoms with Gasteiger partial charge in [0, 0.05) is 18.9 Å². The van der Waals surface area contributed by atoms with Crippen LogP contribution in [0.3, 0.4) is 0 Å². The van der Waals surface area contributed by atoms with E-state index in [0.29, 0.717) is 36.0 Å². The highest BCUT2D eigenvalue weighted by atomic mass is 16.5. The molecule has 0 aliphatic heterocycles. The number of unbranched alkanes of at least 4 members (excludes halogenated alkanes) is 5. The molecule has 0 spiro atoms. The fourth-order valence-corrected chi connectivity index (χ4v) is 9.92. The molecule has 8 atom stereocenters. The number of benzene rings is 1. The average Bonchev–Trinajstić information content (AvgIpc) is 3.47. The van der Waals surface area contributed by atoms with Gasteiger partial charge in [0.2, 0.25) is 11.8 Å². The minimum absolute atomic E-state index is 0.0290. The van der Waals surface area contributed by atoms with Crippen LogP contribution in [0, 0.1) is 52.3 Å². The Bertz CT molecular complexity index is 1150. The number of rotatable bonds is 15. The summed E-state index contributed by atoms with van der Waals surface area (Å²) in [5.41, 5.74) is 1.37. The fourth-order valence-electron chi connectivity index (χ4n) is 9.92. The monoisotopic (exact) mass is 636 g/mol. The van der Waals surface area contributed by atoms with E-state index >= 15 is 0 Å². The van der Waals surface area contributed by atoms with Crippen LogP contribution < -0.4 is 10.6 Å². The number of fused-ring (bicyclic) bond motifs is 3. The van der Waals surface area contributed by atoms with E-state index in [1.54, 1.807) is 0 Å². The van der Waals surface area contributed by atoms with Crippen LogP contribution in [0.1, 0.15) is 137 Å². The lowest BCUT2D eigenvalue weighted by Crippen LogP contribution is -2.59. The molecule has 1 aromatic carbocycles. The lowest BCUT2D eigenvalue weighted by atomic mass is 9.41. The van der Waals surface area contributed by atoms with Gasteiger partial charge in [-0.15, -0.1) is 0 Å². The molecule has 0 aromatic heterocycles. The van der Waals surface area contributed by atoms with Crippen LogP contribution in [0.5, 0.6) is 0 Å². The molecule has 1 aromatic rings. The molecule has 0 saturated heterocycles.